The number of aromatic amines is 1. The van der Waals surface area contributed by atoms with Gasteiger partial charge in [0.05, 0.1) is 24.4 Å². The molecule has 1 unspecified atom stereocenters. The van der Waals surface area contributed by atoms with Crippen molar-refractivity contribution in [2.75, 3.05) is 7.11 Å². The van der Waals surface area contributed by atoms with Crippen LogP contribution < -0.4 is 4.74 Å². The van der Waals surface area contributed by atoms with Crippen LogP contribution in [0.15, 0.2) is 36.4 Å². The molecule has 6 heteroatoms. The van der Waals surface area contributed by atoms with Crippen molar-refractivity contribution in [2.24, 2.45) is 5.41 Å². The lowest BCUT2D eigenvalue weighted by Crippen LogP contribution is -2.27. The zero-order chi connectivity index (χ0) is 21.9. The molecule has 2 heterocycles. The van der Waals surface area contributed by atoms with E-state index in [4.69, 9.17) is 9.72 Å². The van der Waals surface area contributed by atoms with E-state index in [-0.39, 0.29) is 23.1 Å². The van der Waals surface area contributed by atoms with E-state index in [1.807, 2.05) is 24.3 Å². The largest absolute Gasteiger partial charge is 0.494 e. The highest BCUT2D eigenvalue weighted by Gasteiger charge is 2.35. The SMILES string of the molecule is COc1ccc(Cc2nc3c(c4c2[nH]c2ccccc24)C(O)CC(C)(C)C3)c(F)c1F. The second-order valence-electron chi connectivity index (χ2n) is 9.13. The zero-order valence-corrected chi connectivity index (χ0v) is 17.7. The smallest absolute Gasteiger partial charge is 0.200 e. The Balaban J connectivity index is 1.76. The van der Waals surface area contributed by atoms with Crippen molar-refractivity contribution in [1.29, 1.82) is 0 Å². The van der Waals surface area contributed by atoms with Gasteiger partial charge in [-0.25, -0.2) is 4.39 Å². The fourth-order valence-corrected chi connectivity index (χ4v) is 4.88. The van der Waals surface area contributed by atoms with Crippen LogP contribution in [0.25, 0.3) is 21.8 Å². The van der Waals surface area contributed by atoms with E-state index in [1.165, 1.54) is 19.2 Å². The van der Waals surface area contributed by atoms with Gasteiger partial charge in [0.25, 0.3) is 0 Å². The number of aliphatic hydroxyl groups is 1. The van der Waals surface area contributed by atoms with Gasteiger partial charge in [0, 0.05) is 34.0 Å². The number of pyridine rings is 1. The minimum Gasteiger partial charge on any atom is -0.494 e. The van der Waals surface area contributed by atoms with Crippen LogP contribution in [0.5, 0.6) is 5.75 Å². The third kappa shape index (κ3) is 3.17. The number of para-hydroxylation sites is 1. The fraction of sp³-hybridized carbons (Fsp3) is 0.320. The van der Waals surface area contributed by atoms with E-state index in [9.17, 15) is 13.9 Å². The highest BCUT2D eigenvalue weighted by molar-refractivity contribution is 6.10. The zero-order valence-electron chi connectivity index (χ0n) is 17.7. The normalized spacial score (nSPS) is 17.8. The summed E-state index contributed by atoms with van der Waals surface area (Å²) >= 11 is 0. The summed E-state index contributed by atoms with van der Waals surface area (Å²) in [7, 11) is 1.31. The van der Waals surface area contributed by atoms with Crippen molar-refractivity contribution in [2.45, 2.75) is 39.2 Å². The molecule has 0 bridgehead atoms. The summed E-state index contributed by atoms with van der Waals surface area (Å²) in [6.07, 6.45) is 0.854. The molecule has 0 fully saturated rings. The number of methoxy groups -OCH3 is 1. The second-order valence-corrected chi connectivity index (χ2v) is 9.13. The standard InChI is InChI=1S/C25H24F2N2O2/c1-25(2)11-17-21(18(30)12-25)20-14-6-4-5-7-15(14)29-24(20)16(28-17)10-13-8-9-19(31-3)23(27)22(13)26/h4-9,18,29-30H,10-12H2,1-3H3. The van der Waals surface area contributed by atoms with Gasteiger partial charge in [0.15, 0.2) is 11.6 Å². The first-order valence-electron chi connectivity index (χ1n) is 10.4. The van der Waals surface area contributed by atoms with Gasteiger partial charge in [-0.2, -0.15) is 4.39 Å². The molecule has 0 aliphatic heterocycles. The Labute approximate surface area is 178 Å². The molecule has 5 rings (SSSR count). The molecule has 0 saturated carbocycles. The van der Waals surface area contributed by atoms with Gasteiger partial charge >= 0.3 is 0 Å². The average Bonchev–Trinajstić information content (AvgIpc) is 3.10. The van der Waals surface area contributed by atoms with E-state index in [2.05, 4.69) is 18.8 Å². The summed E-state index contributed by atoms with van der Waals surface area (Å²) in [4.78, 5) is 8.28. The predicted octanol–water partition coefficient (Wildman–Crippen LogP) is 5.60. The number of rotatable bonds is 3. The third-order valence-corrected chi connectivity index (χ3v) is 6.27. The molecule has 0 spiro atoms. The van der Waals surface area contributed by atoms with Crippen LogP contribution in [0.4, 0.5) is 8.78 Å². The van der Waals surface area contributed by atoms with Crippen LogP contribution >= 0.6 is 0 Å². The summed E-state index contributed by atoms with van der Waals surface area (Å²) in [5, 5.41) is 12.9. The van der Waals surface area contributed by atoms with Crippen molar-refractivity contribution in [1.82, 2.24) is 9.97 Å². The van der Waals surface area contributed by atoms with Crippen molar-refractivity contribution >= 4 is 21.8 Å². The molecular weight excluding hydrogens is 398 g/mol. The number of hydrogen-bond acceptors (Lipinski definition) is 3. The summed E-state index contributed by atoms with van der Waals surface area (Å²) in [5.41, 5.74) is 4.09. The maximum Gasteiger partial charge on any atom is 0.200 e. The first-order chi connectivity index (χ1) is 14.8. The molecule has 4 aromatic rings. The summed E-state index contributed by atoms with van der Waals surface area (Å²) in [5.74, 6) is -2.05. The number of fused-ring (bicyclic) bond motifs is 5. The topological polar surface area (TPSA) is 58.1 Å². The molecule has 2 N–H and O–H groups in total. The van der Waals surface area contributed by atoms with Crippen LogP contribution in [0.1, 0.15) is 48.9 Å². The Morgan fingerprint density at radius 3 is 2.71 bits per heavy atom. The number of nitrogens with one attached hydrogen (secondary N) is 1. The molecule has 1 aliphatic carbocycles. The lowest BCUT2D eigenvalue weighted by atomic mass is 9.74. The first-order valence-corrected chi connectivity index (χ1v) is 10.4. The fourth-order valence-electron chi connectivity index (χ4n) is 4.88. The molecule has 1 atom stereocenters. The maximum atomic E-state index is 14.7. The number of ether oxygens (including phenoxy) is 1. The molecule has 0 amide bonds. The van der Waals surface area contributed by atoms with Gasteiger partial charge in [0.2, 0.25) is 5.82 Å². The van der Waals surface area contributed by atoms with E-state index < -0.39 is 17.7 Å². The maximum absolute atomic E-state index is 14.7. The quantitative estimate of drug-likeness (QED) is 0.452. The lowest BCUT2D eigenvalue weighted by Gasteiger charge is -2.34. The Bertz CT molecular complexity index is 1330. The number of H-pyrrole nitrogens is 1. The molecule has 0 saturated heterocycles. The lowest BCUT2D eigenvalue weighted by molar-refractivity contribution is 0.0997. The molecule has 4 nitrogen and oxygen atoms in total. The number of halogens is 2. The van der Waals surface area contributed by atoms with Gasteiger partial charge in [-0.05, 0) is 36.0 Å². The van der Waals surface area contributed by atoms with Crippen LogP contribution in [0.3, 0.4) is 0 Å². The average molecular weight is 422 g/mol. The van der Waals surface area contributed by atoms with Crippen LogP contribution in [0.2, 0.25) is 0 Å². The molecule has 1 aliphatic rings. The Hall–Kier alpha value is -2.99. The minimum absolute atomic E-state index is 0.103. The highest BCUT2D eigenvalue weighted by Crippen LogP contribution is 2.45. The molecule has 0 radical (unpaired) electrons. The number of aromatic nitrogens is 2. The van der Waals surface area contributed by atoms with Crippen molar-refractivity contribution < 1.29 is 18.6 Å². The van der Waals surface area contributed by atoms with E-state index in [0.717, 1.165) is 33.1 Å². The van der Waals surface area contributed by atoms with E-state index >= 15 is 0 Å². The summed E-state index contributed by atoms with van der Waals surface area (Å²) in [6, 6.07) is 10.8. The minimum atomic E-state index is -0.998. The number of nitrogens with zero attached hydrogens (tertiary/aromatic N) is 1. The number of hydrogen-bond donors (Lipinski definition) is 2. The van der Waals surface area contributed by atoms with Gasteiger partial charge in [-0.1, -0.05) is 38.1 Å². The van der Waals surface area contributed by atoms with E-state index in [1.54, 1.807) is 0 Å². The van der Waals surface area contributed by atoms with Crippen molar-refractivity contribution in [3.8, 4) is 5.75 Å². The van der Waals surface area contributed by atoms with Gasteiger partial charge < -0.3 is 14.8 Å². The third-order valence-electron chi connectivity index (χ3n) is 6.27. The van der Waals surface area contributed by atoms with Crippen LogP contribution in [0, 0.1) is 17.0 Å². The molecule has 160 valence electrons. The Morgan fingerprint density at radius 2 is 1.94 bits per heavy atom. The van der Waals surface area contributed by atoms with Crippen LogP contribution in [-0.2, 0) is 12.8 Å². The van der Waals surface area contributed by atoms with Crippen LogP contribution in [-0.4, -0.2) is 22.2 Å². The number of aliphatic hydroxyl groups excluding tert-OH is 1. The van der Waals surface area contributed by atoms with Gasteiger partial charge in [-0.15, -0.1) is 0 Å². The highest BCUT2D eigenvalue weighted by atomic mass is 19.2. The van der Waals surface area contributed by atoms with Crippen molar-refractivity contribution in [3.05, 3.63) is 70.5 Å². The first kappa shape index (κ1) is 19.9. The molecular formula is C25H24F2N2O2. The van der Waals surface area contributed by atoms with E-state index in [0.29, 0.717) is 18.5 Å². The Kier molecular flexibility index (Phi) is 4.52. The molecule has 2 aromatic carbocycles. The van der Waals surface area contributed by atoms with Crippen molar-refractivity contribution in [3.63, 3.8) is 0 Å². The molecule has 2 aromatic heterocycles. The summed E-state index contributed by atoms with van der Waals surface area (Å²) in [6.45, 7) is 4.22. The predicted molar refractivity (Wildman–Crippen MR) is 116 cm³/mol. The Morgan fingerprint density at radius 1 is 1.16 bits per heavy atom. The van der Waals surface area contributed by atoms with Gasteiger partial charge in [-0.3, -0.25) is 4.98 Å². The second kappa shape index (κ2) is 7.02. The monoisotopic (exact) mass is 422 g/mol. The molecule has 31 heavy (non-hydrogen) atoms. The van der Waals surface area contributed by atoms with Gasteiger partial charge in [0.1, 0.15) is 0 Å². The number of benzene rings is 2. The summed E-state index contributed by atoms with van der Waals surface area (Å²) < 4.78 is 33.9.